The van der Waals surface area contributed by atoms with E-state index < -0.39 is 0 Å². The highest BCUT2D eigenvalue weighted by Gasteiger charge is 2.13. The Morgan fingerprint density at radius 3 is 2.29 bits per heavy atom. The third kappa shape index (κ3) is 2.37. The monoisotopic (exact) mass is 350 g/mol. The molecular formula is C21H12Cl2O. The molecule has 4 aromatic rings. The van der Waals surface area contributed by atoms with Crippen molar-refractivity contribution in [1.29, 1.82) is 0 Å². The van der Waals surface area contributed by atoms with Crippen molar-refractivity contribution in [2.45, 2.75) is 0 Å². The Bertz CT molecular complexity index is 1100. The van der Waals surface area contributed by atoms with Gasteiger partial charge in [-0.25, -0.2) is 0 Å². The summed E-state index contributed by atoms with van der Waals surface area (Å²) < 4.78 is 0. The van der Waals surface area contributed by atoms with E-state index in [1.165, 1.54) is 0 Å². The molecule has 0 N–H and O–H groups in total. The number of hydrogen-bond donors (Lipinski definition) is 0. The van der Waals surface area contributed by atoms with Gasteiger partial charge in [-0.3, -0.25) is 4.79 Å². The summed E-state index contributed by atoms with van der Waals surface area (Å²) in [5, 5.41) is 5.16. The molecule has 3 heteroatoms. The van der Waals surface area contributed by atoms with E-state index in [0.717, 1.165) is 39.0 Å². The van der Waals surface area contributed by atoms with Gasteiger partial charge in [0.25, 0.3) is 0 Å². The fourth-order valence-electron chi connectivity index (χ4n) is 3.13. The second-order valence-electron chi connectivity index (χ2n) is 5.66. The van der Waals surface area contributed by atoms with Crippen LogP contribution in [0, 0.1) is 0 Å². The zero-order chi connectivity index (χ0) is 16.7. The van der Waals surface area contributed by atoms with Crippen LogP contribution in [0.2, 0.25) is 10.0 Å². The number of halogens is 2. The maximum atomic E-state index is 11.8. The molecule has 0 aliphatic heterocycles. The molecule has 0 aromatic heterocycles. The van der Waals surface area contributed by atoms with Crippen LogP contribution in [0.5, 0.6) is 0 Å². The zero-order valence-corrected chi connectivity index (χ0v) is 14.1. The molecule has 0 amide bonds. The Morgan fingerprint density at radius 2 is 1.46 bits per heavy atom. The van der Waals surface area contributed by atoms with Crippen LogP contribution in [0.1, 0.15) is 10.4 Å². The quantitative estimate of drug-likeness (QED) is 0.364. The lowest BCUT2D eigenvalue weighted by Crippen LogP contribution is -1.91. The van der Waals surface area contributed by atoms with Gasteiger partial charge in [0, 0.05) is 21.5 Å². The number of rotatable bonds is 2. The van der Waals surface area contributed by atoms with Gasteiger partial charge in [0.2, 0.25) is 0 Å². The summed E-state index contributed by atoms with van der Waals surface area (Å²) in [5.74, 6) is 0. The second-order valence-corrected chi connectivity index (χ2v) is 6.47. The van der Waals surface area contributed by atoms with Gasteiger partial charge in [0.15, 0.2) is 6.29 Å². The molecule has 4 rings (SSSR count). The topological polar surface area (TPSA) is 17.1 Å². The normalized spacial score (nSPS) is 11.1. The van der Waals surface area contributed by atoms with E-state index in [9.17, 15) is 4.79 Å². The highest BCUT2D eigenvalue weighted by molar-refractivity contribution is 6.39. The predicted molar refractivity (Wildman–Crippen MR) is 102 cm³/mol. The molecule has 1 nitrogen and oxygen atoms in total. The third-order valence-corrected chi connectivity index (χ3v) is 4.94. The van der Waals surface area contributed by atoms with Gasteiger partial charge < -0.3 is 0 Å². The Balaban J connectivity index is 2.04. The minimum atomic E-state index is 0.627. The van der Waals surface area contributed by atoms with Gasteiger partial charge in [-0.2, -0.15) is 0 Å². The minimum Gasteiger partial charge on any atom is -0.298 e. The van der Waals surface area contributed by atoms with E-state index in [0.29, 0.717) is 15.6 Å². The van der Waals surface area contributed by atoms with Crippen LogP contribution in [0.15, 0.2) is 66.7 Å². The smallest absolute Gasteiger partial charge is 0.151 e. The van der Waals surface area contributed by atoms with Gasteiger partial charge in [0.05, 0.1) is 5.02 Å². The summed E-state index contributed by atoms with van der Waals surface area (Å²) in [7, 11) is 0. The van der Waals surface area contributed by atoms with Crippen LogP contribution in [0.3, 0.4) is 0 Å². The van der Waals surface area contributed by atoms with Crippen LogP contribution >= 0.6 is 23.2 Å². The fraction of sp³-hybridized carbons (Fsp3) is 0. The highest BCUT2D eigenvalue weighted by Crippen LogP contribution is 2.38. The van der Waals surface area contributed by atoms with Crippen molar-refractivity contribution in [3.8, 4) is 11.1 Å². The molecule has 0 aliphatic carbocycles. The Labute approximate surface area is 149 Å². The minimum absolute atomic E-state index is 0.627. The zero-order valence-electron chi connectivity index (χ0n) is 12.6. The number of aldehydes is 1. The first-order valence-corrected chi connectivity index (χ1v) is 8.30. The van der Waals surface area contributed by atoms with E-state index in [1.807, 2.05) is 66.7 Å². The van der Waals surface area contributed by atoms with Gasteiger partial charge in [0.1, 0.15) is 0 Å². The van der Waals surface area contributed by atoms with Crippen molar-refractivity contribution in [3.05, 3.63) is 82.3 Å². The Kier molecular flexibility index (Phi) is 3.76. The molecule has 0 radical (unpaired) electrons. The average molecular weight is 351 g/mol. The largest absolute Gasteiger partial charge is 0.298 e. The van der Waals surface area contributed by atoms with Gasteiger partial charge >= 0.3 is 0 Å². The molecule has 0 heterocycles. The molecule has 0 bridgehead atoms. The molecule has 0 spiro atoms. The third-order valence-electron chi connectivity index (χ3n) is 4.29. The number of carbonyl (C=O) groups is 1. The Hall–Kier alpha value is -2.35. The van der Waals surface area contributed by atoms with Gasteiger partial charge in [-0.05, 0) is 33.9 Å². The van der Waals surface area contributed by atoms with Gasteiger partial charge in [-0.1, -0.05) is 77.8 Å². The van der Waals surface area contributed by atoms with Crippen LogP contribution in [-0.2, 0) is 0 Å². The lowest BCUT2D eigenvalue weighted by Gasteiger charge is -2.12. The molecule has 116 valence electrons. The van der Waals surface area contributed by atoms with Gasteiger partial charge in [-0.15, -0.1) is 0 Å². The van der Waals surface area contributed by atoms with E-state index in [2.05, 4.69) is 0 Å². The predicted octanol–water partition coefficient (Wildman–Crippen LogP) is 6.78. The van der Waals surface area contributed by atoms with E-state index in [1.54, 1.807) is 0 Å². The average Bonchev–Trinajstić information content (AvgIpc) is 2.61. The number of fused-ring (bicyclic) bond motifs is 2. The molecule has 0 atom stereocenters. The van der Waals surface area contributed by atoms with E-state index >= 15 is 0 Å². The fourth-order valence-corrected chi connectivity index (χ4v) is 3.65. The molecule has 0 saturated heterocycles. The van der Waals surface area contributed by atoms with Crippen LogP contribution in [-0.4, -0.2) is 6.29 Å². The van der Waals surface area contributed by atoms with E-state index in [-0.39, 0.29) is 0 Å². The maximum Gasteiger partial charge on any atom is 0.151 e. The Morgan fingerprint density at radius 1 is 0.708 bits per heavy atom. The SMILES string of the molecule is O=Cc1c(-c2ccc3cc(Cl)ccc3c2Cl)ccc2ccccc12. The van der Waals surface area contributed by atoms with E-state index in [4.69, 9.17) is 23.2 Å². The summed E-state index contributed by atoms with van der Waals surface area (Å²) in [5.41, 5.74) is 2.34. The molecule has 0 aliphatic rings. The maximum absolute atomic E-state index is 11.8. The van der Waals surface area contributed by atoms with Crippen molar-refractivity contribution in [2.24, 2.45) is 0 Å². The molecule has 4 aromatic carbocycles. The number of carbonyl (C=O) groups excluding carboxylic acids is 1. The van der Waals surface area contributed by atoms with Crippen molar-refractivity contribution in [1.82, 2.24) is 0 Å². The van der Waals surface area contributed by atoms with Crippen molar-refractivity contribution >= 4 is 51.0 Å². The number of hydrogen-bond acceptors (Lipinski definition) is 1. The summed E-state index contributed by atoms with van der Waals surface area (Å²) in [6.45, 7) is 0. The first kappa shape index (κ1) is 15.2. The molecule has 0 unspecified atom stereocenters. The molecule has 24 heavy (non-hydrogen) atoms. The second kappa shape index (κ2) is 5.94. The standard InChI is InChI=1S/C21H12Cl2O/c22-15-7-10-17-14(11-15)6-9-19(21(17)23)18-8-5-13-3-1-2-4-16(13)20(18)12-24/h1-12H. The molecular weight excluding hydrogens is 339 g/mol. The molecule has 0 fully saturated rings. The van der Waals surface area contributed by atoms with Crippen LogP contribution in [0.25, 0.3) is 32.7 Å². The highest BCUT2D eigenvalue weighted by atomic mass is 35.5. The first-order valence-electron chi connectivity index (χ1n) is 7.54. The van der Waals surface area contributed by atoms with Crippen molar-refractivity contribution in [3.63, 3.8) is 0 Å². The van der Waals surface area contributed by atoms with Crippen LogP contribution < -0.4 is 0 Å². The summed E-state index contributed by atoms with van der Waals surface area (Å²) in [6.07, 6.45) is 0.903. The summed E-state index contributed by atoms with van der Waals surface area (Å²) in [4.78, 5) is 11.8. The number of benzene rings is 4. The lowest BCUT2D eigenvalue weighted by molar-refractivity contribution is 0.112. The first-order chi connectivity index (χ1) is 11.7. The summed E-state index contributed by atoms with van der Waals surface area (Å²) >= 11 is 12.7. The van der Waals surface area contributed by atoms with Crippen molar-refractivity contribution < 1.29 is 4.79 Å². The molecule has 0 saturated carbocycles. The lowest BCUT2D eigenvalue weighted by atomic mass is 9.93. The van der Waals surface area contributed by atoms with Crippen LogP contribution in [0.4, 0.5) is 0 Å². The summed E-state index contributed by atoms with van der Waals surface area (Å²) in [6, 6.07) is 21.3. The van der Waals surface area contributed by atoms with Crippen molar-refractivity contribution in [2.75, 3.05) is 0 Å².